The zero-order valence-corrected chi connectivity index (χ0v) is 11.6. The van der Waals surface area contributed by atoms with Crippen molar-refractivity contribution in [2.45, 2.75) is 58.3 Å². The number of piperidine rings is 1. The minimum absolute atomic E-state index is 0.0735. The third-order valence-corrected chi connectivity index (χ3v) is 4.28. The molecule has 104 valence electrons. The molecule has 0 aromatic carbocycles. The summed E-state index contributed by atoms with van der Waals surface area (Å²) in [5, 5.41) is 9.88. The fourth-order valence-electron chi connectivity index (χ4n) is 3.11. The van der Waals surface area contributed by atoms with E-state index in [0.717, 1.165) is 25.8 Å². The van der Waals surface area contributed by atoms with E-state index < -0.39 is 0 Å². The van der Waals surface area contributed by atoms with Crippen LogP contribution in [0.4, 0.5) is 0 Å². The Balaban J connectivity index is 1.94. The van der Waals surface area contributed by atoms with Gasteiger partial charge in [-0.15, -0.1) is 0 Å². The molecular formula is C14H25NO3. The molecule has 0 saturated carbocycles. The number of carbonyl (C=O) groups is 1. The summed E-state index contributed by atoms with van der Waals surface area (Å²) < 4.78 is 5.67. The van der Waals surface area contributed by atoms with Crippen LogP contribution in [0.15, 0.2) is 0 Å². The van der Waals surface area contributed by atoms with Crippen molar-refractivity contribution in [2.75, 3.05) is 13.1 Å². The molecule has 2 fully saturated rings. The van der Waals surface area contributed by atoms with Crippen molar-refractivity contribution in [3.05, 3.63) is 0 Å². The van der Waals surface area contributed by atoms with Crippen LogP contribution in [0.3, 0.4) is 0 Å². The van der Waals surface area contributed by atoms with E-state index in [0.29, 0.717) is 12.5 Å². The van der Waals surface area contributed by atoms with Crippen molar-refractivity contribution in [3.63, 3.8) is 0 Å². The zero-order valence-electron chi connectivity index (χ0n) is 11.6. The lowest BCUT2D eigenvalue weighted by molar-refractivity contribution is -0.147. The third kappa shape index (κ3) is 3.04. The maximum absolute atomic E-state index is 12.5. The number of aliphatic hydroxyl groups excluding tert-OH is 1. The van der Waals surface area contributed by atoms with Gasteiger partial charge in [-0.25, -0.2) is 0 Å². The van der Waals surface area contributed by atoms with E-state index in [1.807, 2.05) is 25.7 Å². The fraction of sp³-hybridized carbons (Fsp3) is 0.929. The van der Waals surface area contributed by atoms with Crippen LogP contribution in [0, 0.1) is 11.8 Å². The average molecular weight is 255 g/mol. The molecule has 0 aromatic rings. The molecular weight excluding hydrogens is 230 g/mol. The van der Waals surface area contributed by atoms with Crippen molar-refractivity contribution in [2.24, 2.45) is 11.8 Å². The number of ether oxygens (including phenoxy) is 1. The third-order valence-electron chi connectivity index (χ3n) is 4.28. The monoisotopic (exact) mass is 255 g/mol. The predicted octanol–water partition coefficient (Wildman–Crippen LogP) is 1.42. The summed E-state index contributed by atoms with van der Waals surface area (Å²) in [4.78, 5) is 14.3. The van der Waals surface area contributed by atoms with Crippen LogP contribution in [-0.4, -0.2) is 47.3 Å². The van der Waals surface area contributed by atoms with Gasteiger partial charge in [-0.2, -0.15) is 0 Å². The maximum Gasteiger partial charge on any atom is 0.225 e. The Morgan fingerprint density at radius 1 is 1.22 bits per heavy atom. The average Bonchev–Trinajstić information content (AvgIpc) is 2.30. The van der Waals surface area contributed by atoms with Crippen LogP contribution < -0.4 is 0 Å². The summed E-state index contributed by atoms with van der Waals surface area (Å²) >= 11 is 0. The first kappa shape index (κ1) is 13.8. The normalized spacial score (nSPS) is 41.8. The molecule has 1 amide bonds. The van der Waals surface area contributed by atoms with Crippen molar-refractivity contribution in [3.8, 4) is 0 Å². The SMILES string of the molecule is CC1CC(C(=O)N2CCC(C)C(O)C2)CC(C)O1. The number of likely N-dealkylation sites (tertiary alicyclic amines) is 1. The van der Waals surface area contributed by atoms with Crippen LogP contribution in [0.1, 0.15) is 40.0 Å². The van der Waals surface area contributed by atoms with Gasteiger partial charge in [0.25, 0.3) is 0 Å². The van der Waals surface area contributed by atoms with Gasteiger partial charge in [0.2, 0.25) is 5.91 Å². The first-order valence-corrected chi connectivity index (χ1v) is 7.09. The van der Waals surface area contributed by atoms with Gasteiger partial charge in [-0.1, -0.05) is 6.92 Å². The smallest absolute Gasteiger partial charge is 0.225 e. The second kappa shape index (κ2) is 5.57. The largest absolute Gasteiger partial charge is 0.391 e. The highest BCUT2D eigenvalue weighted by molar-refractivity contribution is 5.79. The lowest BCUT2D eigenvalue weighted by Gasteiger charge is -2.39. The molecule has 2 rings (SSSR count). The number of β-amino-alcohol motifs (C(OH)–C–C–N with tert-alkyl or cyclic N) is 1. The topological polar surface area (TPSA) is 49.8 Å². The molecule has 2 saturated heterocycles. The van der Waals surface area contributed by atoms with Crippen molar-refractivity contribution in [1.29, 1.82) is 0 Å². The van der Waals surface area contributed by atoms with E-state index in [4.69, 9.17) is 4.74 Å². The van der Waals surface area contributed by atoms with E-state index in [1.165, 1.54) is 0 Å². The molecule has 4 atom stereocenters. The number of aliphatic hydroxyl groups is 1. The Labute approximate surface area is 109 Å². The highest BCUT2D eigenvalue weighted by Gasteiger charge is 2.35. The molecule has 2 aliphatic rings. The summed E-state index contributed by atoms with van der Waals surface area (Å²) in [5.74, 6) is 0.592. The minimum Gasteiger partial charge on any atom is -0.391 e. The molecule has 4 heteroatoms. The van der Waals surface area contributed by atoms with Crippen molar-refractivity contribution >= 4 is 5.91 Å². The van der Waals surface area contributed by atoms with Gasteiger partial charge in [0.15, 0.2) is 0 Å². The quantitative estimate of drug-likeness (QED) is 0.771. The number of carbonyl (C=O) groups excluding carboxylic acids is 1. The van der Waals surface area contributed by atoms with Crippen molar-refractivity contribution < 1.29 is 14.6 Å². The second-order valence-electron chi connectivity index (χ2n) is 6.04. The first-order chi connectivity index (χ1) is 8.47. The standard InChI is InChI=1S/C14H25NO3/c1-9-4-5-15(8-13(9)16)14(17)12-6-10(2)18-11(3)7-12/h9-13,16H,4-8H2,1-3H3. The van der Waals surface area contributed by atoms with Gasteiger partial charge in [0.1, 0.15) is 0 Å². The molecule has 2 heterocycles. The lowest BCUT2D eigenvalue weighted by Crippen LogP contribution is -2.49. The number of amides is 1. The number of nitrogens with zero attached hydrogens (tertiary/aromatic N) is 1. The molecule has 0 aliphatic carbocycles. The van der Waals surface area contributed by atoms with Crippen LogP contribution in [0.25, 0.3) is 0 Å². The van der Waals surface area contributed by atoms with Gasteiger partial charge >= 0.3 is 0 Å². The minimum atomic E-state index is -0.364. The van der Waals surface area contributed by atoms with Gasteiger partial charge in [0.05, 0.1) is 18.3 Å². The lowest BCUT2D eigenvalue weighted by atomic mass is 9.89. The molecule has 4 nitrogen and oxygen atoms in total. The van der Waals surface area contributed by atoms with Crippen LogP contribution in [-0.2, 0) is 9.53 Å². The van der Waals surface area contributed by atoms with E-state index >= 15 is 0 Å². The summed E-state index contributed by atoms with van der Waals surface area (Å²) in [6.45, 7) is 7.40. The van der Waals surface area contributed by atoms with Crippen LogP contribution in [0.5, 0.6) is 0 Å². The molecule has 0 spiro atoms. The molecule has 4 unspecified atom stereocenters. The van der Waals surface area contributed by atoms with Gasteiger partial charge in [0, 0.05) is 19.0 Å². The Morgan fingerprint density at radius 2 is 1.83 bits per heavy atom. The molecule has 18 heavy (non-hydrogen) atoms. The predicted molar refractivity (Wildman–Crippen MR) is 69.1 cm³/mol. The van der Waals surface area contributed by atoms with E-state index in [-0.39, 0.29) is 30.1 Å². The molecule has 0 radical (unpaired) electrons. The number of hydrogen-bond donors (Lipinski definition) is 1. The first-order valence-electron chi connectivity index (χ1n) is 7.09. The number of hydrogen-bond acceptors (Lipinski definition) is 3. The zero-order chi connectivity index (χ0) is 13.3. The molecule has 1 N–H and O–H groups in total. The second-order valence-corrected chi connectivity index (χ2v) is 6.04. The van der Waals surface area contributed by atoms with Gasteiger partial charge in [-0.05, 0) is 39.0 Å². The Bertz CT molecular complexity index is 297. The molecule has 2 aliphatic heterocycles. The van der Waals surface area contributed by atoms with E-state index in [9.17, 15) is 9.90 Å². The van der Waals surface area contributed by atoms with Crippen LogP contribution >= 0.6 is 0 Å². The highest BCUT2D eigenvalue weighted by atomic mass is 16.5. The van der Waals surface area contributed by atoms with Gasteiger partial charge in [-0.3, -0.25) is 4.79 Å². The van der Waals surface area contributed by atoms with Crippen LogP contribution in [0.2, 0.25) is 0 Å². The summed E-state index contributed by atoms with van der Waals surface area (Å²) in [7, 11) is 0. The van der Waals surface area contributed by atoms with E-state index in [2.05, 4.69) is 0 Å². The molecule has 0 aromatic heterocycles. The molecule has 0 bridgehead atoms. The van der Waals surface area contributed by atoms with E-state index in [1.54, 1.807) is 0 Å². The Morgan fingerprint density at radius 3 is 2.39 bits per heavy atom. The van der Waals surface area contributed by atoms with Gasteiger partial charge < -0.3 is 14.7 Å². The highest BCUT2D eigenvalue weighted by Crippen LogP contribution is 2.28. The summed E-state index contributed by atoms with van der Waals surface area (Å²) in [6, 6.07) is 0. The summed E-state index contributed by atoms with van der Waals surface area (Å²) in [5.41, 5.74) is 0. The number of rotatable bonds is 1. The van der Waals surface area contributed by atoms with Crippen molar-refractivity contribution in [1.82, 2.24) is 4.90 Å². The Hall–Kier alpha value is -0.610. The Kier molecular flexibility index (Phi) is 4.28. The summed E-state index contributed by atoms with van der Waals surface area (Å²) in [6.07, 6.45) is 2.49. The maximum atomic E-state index is 12.5. The fourth-order valence-corrected chi connectivity index (χ4v) is 3.11.